The number of halogens is 1. The van der Waals surface area contributed by atoms with E-state index in [2.05, 4.69) is 10.1 Å². The summed E-state index contributed by atoms with van der Waals surface area (Å²) in [6, 6.07) is 1.90. The number of amides is 1. The molecule has 1 aliphatic heterocycles. The van der Waals surface area contributed by atoms with Gasteiger partial charge in [-0.15, -0.1) is 24.0 Å². The molecule has 0 atom stereocenters. The number of nitrogens with zero attached hydrogens (tertiary/aromatic N) is 5. The van der Waals surface area contributed by atoms with Crippen molar-refractivity contribution in [1.82, 2.24) is 19.6 Å². The lowest BCUT2D eigenvalue weighted by Crippen LogP contribution is -2.53. The first kappa shape index (κ1) is 21.5. The van der Waals surface area contributed by atoms with Crippen LogP contribution in [0.2, 0.25) is 0 Å². The van der Waals surface area contributed by atoms with Gasteiger partial charge in [0.05, 0.1) is 0 Å². The lowest BCUT2D eigenvalue weighted by molar-refractivity contribution is 0.0186. The van der Waals surface area contributed by atoms with Gasteiger partial charge in [0.15, 0.2) is 5.96 Å². The second-order valence-corrected chi connectivity index (χ2v) is 6.82. The largest absolute Gasteiger partial charge is 0.444 e. The molecule has 142 valence electrons. The maximum absolute atomic E-state index is 12.0. The summed E-state index contributed by atoms with van der Waals surface area (Å²) >= 11 is 0. The molecule has 1 aliphatic rings. The Morgan fingerprint density at radius 2 is 1.88 bits per heavy atom. The smallest absolute Gasteiger partial charge is 0.410 e. The van der Waals surface area contributed by atoms with Gasteiger partial charge in [-0.2, -0.15) is 5.10 Å². The van der Waals surface area contributed by atoms with Crippen molar-refractivity contribution < 1.29 is 9.53 Å². The Bertz CT molecular complexity index is 547. The van der Waals surface area contributed by atoms with Gasteiger partial charge in [0.1, 0.15) is 5.60 Å². The number of aromatic nitrogens is 2. The molecule has 0 aliphatic carbocycles. The number of aliphatic imine (C=N–C) groups is 1. The molecule has 0 saturated carbocycles. The summed E-state index contributed by atoms with van der Waals surface area (Å²) in [5.74, 6) is 0.541. The van der Waals surface area contributed by atoms with Crippen LogP contribution in [-0.4, -0.2) is 70.0 Å². The molecule has 1 aromatic heterocycles. The zero-order chi connectivity index (χ0) is 17.6. The SMILES string of the molecule is CC(C)(C)OC(=O)N1CCN(C(N)=NCCCn2cccn2)CC1.I. The average Bonchev–Trinajstić information content (AvgIpc) is 3.03. The average molecular weight is 464 g/mol. The van der Waals surface area contributed by atoms with Crippen molar-refractivity contribution in [3.8, 4) is 0 Å². The molecular weight excluding hydrogens is 435 g/mol. The molecular formula is C16H29IN6O2. The summed E-state index contributed by atoms with van der Waals surface area (Å²) in [4.78, 5) is 20.2. The molecule has 8 nitrogen and oxygen atoms in total. The third-order valence-electron chi connectivity index (χ3n) is 3.63. The van der Waals surface area contributed by atoms with Crippen molar-refractivity contribution in [1.29, 1.82) is 0 Å². The van der Waals surface area contributed by atoms with Gasteiger partial charge in [-0.1, -0.05) is 0 Å². The summed E-state index contributed by atoms with van der Waals surface area (Å²) < 4.78 is 7.27. The molecule has 1 amide bonds. The monoisotopic (exact) mass is 464 g/mol. The van der Waals surface area contributed by atoms with E-state index >= 15 is 0 Å². The predicted molar refractivity (Wildman–Crippen MR) is 108 cm³/mol. The number of carbonyl (C=O) groups is 1. The summed E-state index contributed by atoms with van der Waals surface area (Å²) in [6.07, 6.45) is 4.32. The third-order valence-corrected chi connectivity index (χ3v) is 3.63. The van der Waals surface area contributed by atoms with E-state index < -0.39 is 5.60 Å². The van der Waals surface area contributed by atoms with E-state index in [1.165, 1.54) is 0 Å². The van der Waals surface area contributed by atoms with Crippen LogP contribution in [0, 0.1) is 0 Å². The van der Waals surface area contributed by atoms with Crippen molar-refractivity contribution in [2.75, 3.05) is 32.7 Å². The minimum Gasteiger partial charge on any atom is -0.444 e. The zero-order valence-corrected chi connectivity index (χ0v) is 17.6. The second-order valence-electron chi connectivity index (χ2n) is 6.82. The number of carbonyl (C=O) groups excluding carboxylic acids is 1. The van der Waals surface area contributed by atoms with Crippen LogP contribution in [0.1, 0.15) is 27.2 Å². The molecule has 1 aromatic rings. The van der Waals surface area contributed by atoms with Crippen molar-refractivity contribution in [3.05, 3.63) is 18.5 Å². The van der Waals surface area contributed by atoms with E-state index in [-0.39, 0.29) is 30.1 Å². The highest BCUT2D eigenvalue weighted by Gasteiger charge is 2.26. The molecule has 1 fully saturated rings. The van der Waals surface area contributed by atoms with Gasteiger partial charge in [0.25, 0.3) is 0 Å². The Hall–Kier alpha value is -1.52. The van der Waals surface area contributed by atoms with Crippen LogP contribution in [0.15, 0.2) is 23.5 Å². The predicted octanol–water partition coefficient (Wildman–Crippen LogP) is 1.76. The van der Waals surface area contributed by atoms with Gasteiger partial charge in [-0.05, 0) is 33.3 Å². The van der Waals surface area contributed by atoms with E-state index in [4.69, 9.17) is 10.5 Å². The van der Waals surface area contributed by atoms with E-state index in [1.807, 2.05) is 42.6 Å². The standard InChI is InChI=1S/C16H28N6O2.HI/c1-16(2,3)24-15(23)21-12-10-20(11-13-21)14(17)18-6-4-8-22-9-5-7-19-22;/h5,7,9H,4,6,8,10-13H2,1-3H3,(H2,17,18);1H. The Balaban J connectivity index is 0.00000312. The fraction of sp³-hybridized carbons (Fsp3) is 0.688. The number of nitrogens with two attached hydrogens (primary N) is 1. The Morgan fingerprint density at radius 1 is 1.24 bits per heavy atom. The van der Waals surface area contributed by atoms with E-state index in [1.54, 1.807) is 11.1 Å². The fourth-order valence-corrected chi connectivity index (χ4v) is 2.40. The number of piperazine rings is 1. The highest BCUT2D eigenvalue weighted by atomic mass is 127. The molecule has 0 bridgehead atoms. The lowest BCUT2D eigenvalue weighted by Gasteiger charge is -2.36. The van der Waals surface area contributed by atoms with Crippen LogP contribution in [0.3, 0.4) is 0 Å². The maximum Gasteiger partial charge on any atom is 0.410 e. The summed E-state index contributed by atoms with van der Waals surface area (Å²) in [6.45, 7) is 9.64. The minimum atomic E-state index is -0.469. The van der Waals surface area contributed by atoms with Crippen molar-refractivity contribution >= 4 is 36.0 Å². The number of aryl methyl sites for hydroxylation is 1. The Kier molecular flexibility index (Phi) is 8.46. The normalized spacial score (nSPS) is 15.7. The Labute approximate surface area is 166 Å². The van der Waals surface area contributed by atoms with Crippen LogP contribution >= 0.6 is 24.0 Å². The van der Waals surface area contributed by atoms with Crippen LogP contribution < -0.4 is 5.73 Å². The first-order valence-electron chi connectivity index (χ1n) is 8.35. The molecule has 2 N–H and O–H groups in total. The van der Waals surface area contributed by atoms with E-state index in [0.717, 1.165) is 13.0 Å². The van der Waals surface area contributed by atoms with Gasteiger partial charge in [-0.25, -0.2) is 4.79 Å². The van der Waals surface area contributed by atoms with Gasteiger partial charge < -0.3 is 20.3 Å². The minimum absolute atomic E-state index is 0. The summed E-state index contributed by atoms with van der Waals surface area (Å²) in [7, 11) is 0. The van der Waals surface area contributed by atoms with Crippen LogP contribution in [0.4, 0.5) is 4.79 Å². The number of ether oxygens (including phenoxy) is 1. The van der Waals surface area contributed by atoms with Crippen molar-refractivity contribution in [2.45, 2.75) is 39.3 Å². The molecule has 1 saturated heterocycles. The van der Waals surface area contributed by atoms with Gasteiger partial charge in [0.2, 0.25) is 0 Å². The molecule has 0 aromatic carbocycles. The topological polar surface area (TPSA) is 89.0 Å². The first-order valence-corrected chi connectivity index (χ1v) is 8.35. The zero-order valence-electron chi connectivity index (χ0n) is 15.2. The number of guanidine groups is 1. The maximum atomic E-state index is 12.0. The highest BCUT2D eigenvalue weighted by Crippen LogP contribution is 2.11. The van der Waals surface area contributed by atoms with Crippen LogP contribution in [0.25, 0.3) is 0 Å². The van der Waals surface area contributed by atoms with Gasteiger partial charge in [-0.3, -0.25) is 9.67 Å². The van der Waals surface area contributed by atoms with Crippen molar-refractivity contribution in [2.24, 2.45) is 10.7 Å². The molecule has 9 heteroatoms. The second kappa shape index (κ2) is 9.83. The molecule has 0 unspecified atom stereocenters. The molecule has 25 heavy (non-hydrogen) atoms. The summed E-state index contributed by atoms with van der Waals surface area (Å²) in [5.41, 5.74) is 5.58. The van der Waals surface area contributed by atoms with Crippen molar-refractivity contribution in [3.63, 3.8) is 0 Å². The van der Waals surface area contributed by atoms with Crippen LogP contribution in [-0.2, 0) is 11.3 Å². The quantitative estimate of drug-likeness (QED) is 0.318. The molecule has 2 rings (SSSR count). The van der Waals surface area contributed by atoms with E-state index in [9.17, 15) is 4.79 Å². The number of rotatable bonds is 4. The molecule has 0 radical (unpaired) electrons. The fourth-order valence-electron chi connectivity index (χ4n) is 2.40. The molecule has 0 spiro atoms. The number of hydrogen-bond donors (Lipinski definition) is 1. The van der Waals surface area contributed by atoms with Crippen LogP contribution in [0.5, 0.6) is 0 Å². The third kappa shape index (κ3) is 7.49. The Morgan fingerprint density at radius 3 is 2.44 bits per heavy atom. The number of hydrogen-bond acceptors (Lipinski definition) is 4. The summed E-state index contributed by atoms with van der Waals surface area (Å²) in [5, 5.41) is 4.15. The van der Waals surface area contributed by atoms with Gasteiger partial charge >= 0.3 is 6.09 Å². The van der Waals surface area contributed by atoms with E-state index in [0.29, 0.717) is 38.7 Å². The van der Waals surface area contributed by atoms with Gasteiger partial charge in [0, 0.05) is 51.7 Å². The lowest BCUT2D eigenvalue weighted by atomic mass is 10.2. The first-order chi connectivity index (χ1) is 11.3. The molecule has 2 heterocycles. The highest BCUT2D eigenvalue weighted by molar-refractivity contribution is 14.0.